The molecule has 1 rings (SSSR count). The molecular formula is C13H16FNO2. The lowest BCUT2D eigenvalue weighted by Crippen LogP contribution is -2.41. The summed E-state index contributed by atoms with van der Waals surface area (Å²) in [5.41, 5.74) is -0.0383. The average molecular weight is 237 g/mol. The molecule has 0 aliphatic carbocycles. The van der Waals surface area contributed by atoms with E-state index in [1.807, 2.05) is 0 Å². The van der Waals surface area contributed by atoms with Gasteiger partial charge >= 0.3 is 0 Å². The number of carbonyl (C=O) groups excluding carboxylic acids is 2. The smallest absolute Gasteiger partial charge is 0.228 e. The molecular weight excluding hydrogens is 221 g/mol. The molecule has 0 aromatic heterocycles. The number of hydrogen-bond donors (Lipinski definition) is 1. The Kier molecular flexibility index (Phi) is 3.99. The molecule has 0 fully saturated rings. The highest BCUT2D eigenvalue weighted by molar-refractivity contribution is 5.97. The van der Waals surface area contributed by atoms with Crippen LogP contribution < -0.4 is 5.32 Å². The van der Waals surface area contributed by atoms with Crippen molar-refractivity contribution in [2.45, 2.75) is 32.7 Å². The van der Waals surface area contributed by atoms with Gasteiger partial charge in [0.1, 0.15) is 11.6 Å². The first kappa shape index (κ1) is 13.4. The zero-order valence-corrected chi connectivity index (χ0v) is 10.2. The molecule has 0 radical (unpaired) electrons. The fraction of sp³-hybridized carbons (Fsp3) is 0.385. The maximum absolute atomic E-state index is 13.1. The quantitative estimate of drug-likeness (QED) is 0.816. The van der Waals surface area contributed by atoms with Gasteiger partial charge in [-0.25, -0.2) is 4.39 Å². The van der Waals surface area contributed by atoms with Crippen LogP contribution in [0.25, 0.3) is 0 Å². The number of benzene rings is 1. The van der Waals surface area contributed by atoms with E-state index in [0.29, 0.717) is 5.56 Å². The summed E-state index contributed by atoms with van der Waals surface area (Å²) in [6.07, 6.45) is -0.154. The van der Waals surface area contributed by atoms with Gasteiger partial charge in [-0.3, -0.25) is 9.59 Å². The van der Waals surface area contributed by atoms with Crippen LogP contribution in [0.15, 0.2) is 24.3 Å². The molecule has 0 atom stereocenters. The molecule has 0 aliphatic heterocycles. The maximum Gasteiger partial charge on any atom is 0.228 e. The number of hydrogen-bond acceptors (Lipinski definition) is 2. The highest BCUT2D eigenvalue weighted by atomic mass is 19.1. The van der Waals surface area contributed by atoms with Gasteiger partial charge in [-0.15, -0.1) is 0 Å². The van der Waals surface area contributed by atoms with E-state index in [-0.39, 0.29) is 23.9 Å². The number of halogens is 1. The molecule has 4 heteroatoms. The van der Waals surface area contributed by atoms with Crippen molar-refractivity contribution >= 4 is 11.7 Å². The molecule has 92 valence electrons. The molecule has 1 amide bonds. The summed E-state index contributed by atoms with van der Waals surface area (Å²) in [4.78, 5) is 22.3. The van der Waals surface area contributed by atoms with Crippen LogP contribution in [0.3, 0.4) is 0 Å². The Bertz CT molecular complexity index is 441. The molecule has 0 saturated heterocycles. The second-order valence-corrected chi connectivity index (χ2v) is 4.56. The van der Waals surface area contributed by atoms with Crippen molar-refractivity contribution in [3.63, 3.8) is 0 Å². The van der Waals surface area contributed by atoms with Crippen molar-refractivity contribution in [2.75, 3.05) is 0 Å². The van der Waals surface area contributed by atoms with Gasteiger partial charge < -0.3 is 5.32 Å². The summed E-state index contributed by atoms with van der Waals surface area (Å²) in [6, 6.07) is 6.03. The van der Waals surface area contributed by atoms with E-state index in [1.54, 1.807) is 26.0 Å². The Hall–Kier alpha value is -1.71. The summed E-state index contributed by atoms with van der Waals surface area (Å²) in [7, 11) is 0. The first-order valence-corrected chi connectivity index (χ1v) is 5.38. The molecule has 0 aliphatic rings. The van der Waals surface area contributed by atoms with Crippen molar-refractivity contribution in [1.29, 1.82) is 0 Å². The summed E-state index contributed by atoms with van der Waals surface area (Å²) < 4.78 is 13.1. The van der Waals surface area contributed by atoms with Gasteiger partial charge in [0, 0.05) is 0 Å². The zero-order chi connectivity index (χ0) is 13.1. The lowest BCUT2D eigenvalue weighted by Gasteiger charge is -2.26. The second kappa shape index (κ2) is 5.08. The highest BCUT2D eigenvalue weighted by Gasteiger charge is 2.23. The van der Waals surface area contributed by atoms with Crippen LogP contribution in [0.1, 0.15) is 32.8 Å². The van der Waals surface area contributed by atoms with Crippen molar-refractivity contribution in [2.24, 2.45) is 0 Å². The highest BCUT2D eigenvalue weighted by Crippen LogP contribution is 2.20. The van der Waals surface area contributed by atoms with Gasteiger partial charge in [0.25, 0.3) is 0 Å². The van der Waals surface area contributed by atoms with Crippen molar-refractivity contribution < 1.29 is 14.0 Å². The van der Waals surface area contributed by atoms with Crippen LogP contribution in [0.2, 0.25) is 0 Å². The minimum absolute atomic E-state index is 0.154. The molecule has 0 unspecified atom stereocenters. The summed E-state index contributed by atoms with van der Waals surface area (Å²) in [5.74, 6) is -0.902. The van der Waals surface area contributed by atoms with E-state index < -0.39 is 5.54 Å². The molecule has 1 aromatic rings. The number of nitrogens with one attached hydrogen (secondary N) is 1. The van der Waals surface area contributed by atoms with Gasteiger partial charge in [-0.1, -0.05) is 12.1 Å². The van der Waals surface area contributed by atoms with Crippen LogP contribution in [-0.4, -0.2) is 11.7 Å². The molecule has 1 aromatic carbocycles. The fourth-order valence-corrected chi connectivity index (χ4v) is 1.57. The van der Waals surface area contributed by atoms with Crippen molar-refractivity contribution in [1.82, 2.24) is 5.32 Å². The minimum Gasteiger partial charge on any atom is -0.347 e. The van der Waals surface area contributed by atoms with E-state index in [1.165, 1.54) is 19.1 Å². The Morgan fingerprint density at radius 1 is 1.35 bits per heavy atom. The molecule has 0 bridgehead atoms. The third-order valence-electron chi connectivity index (χ3n) is 2.41. The zero-order valence-electron chi connectivity index (χ0n) is 10.2. The predicted octanol–water partition coefficient (Wildman–Crippen LogP) is 2.16. The van der Waals surface area contributed by atoms with Crippen LogP contribution in [0, 0.1) is 5.82 Å². The molecule has 0 saturated carbocycles. The van der Waals surface area contributed by atoms with E-state index in [9.17, 15) is 14.0 Å². The standard InChI is InChI=1S/C13H16FNO2/c1-9(16)7-12(17)15-13(2,3)10-5-4-6-11(14)8-10/h4-6,8H,7H2,1-3H3,(H,15,17). The molecule has 17 heavy (non-hydrogen) atoms. The van der Waals surface area contributed by atoms with Gasteiger partial charge in [-0.05, 0) is 38.5 Å². The Morgan fingerprint density at radius 3 is 2.53 bits per heavy atom. The van der Waals surface area contributed by atoms with E-state index in [2.05, 4.69) is 5.32 Å². The van der Waals surface area contributed by atoms with Gasteiger partial charge in [0.15, 0.2) is 0 Å². The summed E-state index contributed by atoms with van der Waals surface area (Å²) >= 11 is 0. The minimum atomic E-state index is -0.700. The Labute approximate surface area is 100 Å². The molecule has 0 heterocycles. The normalized spacial score (nSPS) is 11.1. The lowest BCUT2D eigenvalue weighted by atomic mass is 9.94. The van der Waals surface area contributed by atoms with E-state index in [4.69, 9.17) is 0 Å². The van der Waals surface area contributed by atoms with E-state index in [0.717, 1.165) is 0 Å². The van der Waals surface area contributed by atoms with Gasteiger partial charge in [-0.2, -0.15) is 0 Å². The second-order valence-electron chi connectivity index (χ2n) is 4.56. The van der Waals surface area contributed by atoms with Crippen LogP contribution in [0.4, 0.5) is 4.39 Å². The van der Waals surface area contributed by atoms with Crippen LogP contribution in [-0.2, 0) is 15.1 Å². The number of amides is 1. The van der Waals surface area contributed by atoms with Gasteiger partial charge in [0.05, 0.1) is 12.0 Å². The topological polar surface area (TPSA) is 46.2 Å². The molecule has 0 spiro atoms. The van der Waals surface area contributed by atoms with Crippen LogP contribution >= 0.6 is 0 Å². The SMILES string of the molecule is CC(=O)CC(=O)NC(C)(C)c1cccc(F)c1. The third kappa shape index (κ3) is 3.98. The largest absolute Gasteiger partial charge is 0.347 e. The van der Waals surface area contributed by atoms with Crippen molar-refractivity contribution in [3.8, 4) is 0 Å². The third-order valence-corrected chi connectivity index (χ3v) is 2.41. The van der Waals surface area contributed by atoms with Crippen LogP contribution in [0.5, 0.6) is 0 Å². The predicted molar refractivity (Wildman–Crippen MR) is 62.9 cm³/mol. The summed E-state index contributed by atoms with van der Waals surface area (Å²) in [5, 5.41) is 2.70. The lowest BCUT2D eigenvalue weighted by molar-refractivity contribution is -0.128. The van der Waals surface area contributed by atoms with Crippen molar-refractivity contribution in [3.05, 3.63) is 35.6 Å². The number of carbonyl (C=O) groups is 2. The first-order chi connectivity index (χ1) is 7.81. The molecule has 1 N–H and O–H groups in total. The number of rotatable bonds is 4. The Balaban J connectivity index is 2.81. The molecule has 3 nitrogen and oxygen atoms in total. The fourth-order valence-electron chi connectivity index (χ4n) is 1.57. The number of Topliss-reactive ketones (excluding diaryl/α,β-unsaturated/α-hetero) is 1. The monoisotopic (exact) mass is 237 g/mol. The van der Waals surface area contributed by atoms with E-state index >= 15 is 0 Å². The Morgan fingerprint density at radius 2 is 2.00 bits per heavy atom. The van der Waals surface area contributed by atoms with Gasteiger partial charge in [0.2, 0.25) is 5.91 Å². The average Bonchev–Trinajstić information content (AvgIpc) is 2.15. The summed E-state index contributed by atoms with van der Waals surface area (Å²) in [6.45, 7) is 4.88. The first-order valence-electron chi connectivity index (χ1n) is 5.38. The number of ketones is 1. The maximum atomic E-state index is 13.1.